The zero-order chi connectivity index (χ0) is 15.0. The van der Waals surface area contributed by atoms with Crippen molar-refractivity contribution < 1.29 is 9.13 Å². The minimum Gasteiger partial charge on any atom is -0.375 e. The maximum atomic E-state index is 12.7. The van der Waals surface area contributed by atoms with Crippen LogP contribution in [0.5, 0.6) is 0 Å². The minimum atomic E-state index is -0.269. The van der Waals surface area contributed by atoms with Crippen LogP contribution in [-0.2, 0) is 11.3 Å². The van der Waals surface area contributed by atoms with Crippen molar-refractivity contribution in [3.05, 3.63) is 35.6 Å². The van der Waals surface area contributed by atoms with Crippen molar-refractivity contribution in [1.29, 1.82) is 0 Å². The molecule has 1 rings (SSSR count). The third-order valence-electron chi connectivity index (χ3n) is 2.52. The van der Waals surface area contributed by atoms with Crippen molar-refractivity contribution in [2.45, 2.75) is 26.0 Å². The van der Waals surface area contributed by atoms with E-state index in [2.05, 4.69) is 9.98 Å². The third kappa shape index (κ3) is 8.11. The van der Waals surface area contributed by atoms with Gasteiger partial charge in [-0.3, -0.25) is 0 Å². The number of guanidine groups is 2. The Hall–Kier alpha value is -1.86. The Bertz CT molecular complexity index is 474. The second-order valence-corrected chi connectivity index (χ2v) is 4.23. The van der Waals surface area contributed by atoms with Crippen molar-refractivity contribution in [1.82, 2.24) is 0 Å². The predicted molar refractivity (Wildman–Crippen MR) is 84.8 cm³/mol. The van der Waals surface area contributed by atoms with Gasteiger partial charge in [-0.15, -0.1) is 12.4 Å². The highest BCUT2D eigenvalue weighted by atomic mass is 35.5. The Labute approximate surface area is 129 Å². The maximum Gasteiger partial charge on any atom is 0.218 e. The normalized spacial score (nSPS) is 12.4. The monoisotopic (exact) mass is 317 g/mol. The van der Waals surface area contributed by atoms with Crippen LogP contribution in [0.25, 0.3) is 0 Å². The van der Waals surface area contributed by atoms with Gasteiger partial charge < -0.3 is 21.9 Å². The molecule has 1 aromatic rings. The van der Waals surface area contributed by atoms with Crippen molar-refractivity contribution in [2.24, 2.45) is 27.2 Å². The largest absolute Gasteiger partial charge is 0.375 e. The second kappa shape index (κ2) is 9.95. The molecule has 0 heterocycles. The van der Waals surface area contributed by atoms with Gasteiger partial charge in [0.05, 0.1) is 19.3 Å². The summed E-state index contributed by atoms with van der Waals surface area (Å²) in [6.07, 6.45) is 0.740. The van der Waals surface area contributed by atoms with Gasteiger partial charge in [-0.25, -0.2) is 9.38 Å². The molecule has 118 valence electrons. The Balaban J connectivity index is 0.00000400. The third-order valence-corrected chi connectivity index (χ3v) is 2.52. The fourth-order valence-corrected chi connectivity index (χ4v) is 1.49. The van der Waals surface area contributed by atoms with E-state index in [-0.39, 0.29) is 36.2 Å². The molecular formula is C13H21ClFN5O. The molecule has 0 amide bonds. The highest BCUT2D eigenvalue weighted by Gasteiger charge is 2.06. The molecular weight excluding hydrogens is 297 g/mol. The van der Waals surface area contributed by atoms with E-state index < -0.39 is 0 Å². The summed E-state index contributed by atoms with van der Waals surface area (Å²) in [7, 11) is 0. The van der Waals surface area contributed by atoms with Crippen LogP contribution in [0.3, 0.4) is 0 Å². The minimum absolute atomic E-state index is 0. The lowest BCUT2D eigenvalue weighted by Crippen LogP contribution is -2.27. The summed E-state index contributed by atoms with van der Waals surface area (Å²) in [4.78, 5) is 7.79. The number of rotatable bonds is 6. The molecule has 0 aliphatic rings. The summed E-state index contributed by atoms with van der Waals surface area (Å²) >= 11 is 0. The molecule has 0 aliphatic carbocycles. The zero-order valence-electron chi connectivity index (χ0n) is 11.8. The van der Waals surface area contributed by atoms with E-state index in [0.717, 1.165) is 12.0 Å². The van der Waals surface area contributed by atoms with Crippen LogP contribution in [-0.4, -0.2) is 24.6 Å². The molecule has 1 unspecified atom stereocenters. The number of hydrogen-bond acceptors (Lipinski definition) is 2. The zero-order valence-corrected chi connectivity index (χ0v) is 12.6. The predicted octanol–water partition coefficient (Wildman–Crippen LogP) is 1.13. The molecule has 0 spiro atoms. The van der Waals surface area contributed by atoms with Crippen LogP contribution in [0.4, 0.5) is 4.39 Å². The van der Waals surface area contributed by atoms with Crippen LogP contribution in [0, 0.1) is 5.82 Å². The average Bonchev–Trinajstić information content (AvgIpc) is 2.39. The lowest BCUT2D eigenvalue weighted by molar-refractivity contribution is 0.107. The van der Waals surface area contributed by atoms with Gasteiger partial charge in [-0.1, -0.05) is 19.1 Å². The van der Waals surface area contributed by atoms with E-state index in [4.69, 9.17) is 21.9 Å². The second-order valence-electron chi connectivity index (χ2n) is 4.23. The van der Waals surface area contributed by atoms with Crippen LogP contribution >= 0.6 is 12.4 Å². The van der Waals surface area contributed by atoms with Crippen LogP contribution in [0.1, 0.15) is 18.9 Å². The lowest BCUT2D eigenvalue weighted by atomic mass is 10.2. The van der Waals surface area contributed by atoms with Crippen molar-refractivity contribution in [2.75, 3.05) is 6.61 Å². The molecule has 1 aromatic carbocycles. The fraction of sp³-hybridized carbons (Fsp3) is 0.385. The first-order chi connectivity index (χ1) is 9.51. The van der Waals surface area contributed by atoms with Crippen LogP contribution < -0.4 is 17.2 Å². The molecule has 8 heteroatoms. The smallest absolute Gasteiger partial charge is 0.218 e. The Morgan fingerprint density at radius 1 is 1.24 bits per heavy atom. The van der Waals surface area contributed by atoms with Gasteiger partial charge >= 0.3 is 0 Å². The molecule has 0 saturated carbocycles. The number of benzene rings is 1. The Morgan fingerprint density at radius 3 is 2.38 bits per heavy atom. The number of ether oxygens (including phenoxy) is 1. The number of hydrogen-bond donors (Lipinski definition) is 3. The Kier molecular flexibility index (Phi) is 9.07. The summed E-state index contributed by atoms with van der Waals surface area (Å²) in [6.45, 7) is 2.72. The molecule has 0 aliphatic heterocycles. The van der Waals surface area contributed by atoms with Gasteiger partial charge in [0.15, 0.2) is 5.96 Å². The molecule has 0 bridgehead atoms. The first-order valence-electron chi connectivity index (χ1n) is 6.26. The quantitative estimate of drug-likeness (QED) is 0.539. The molecule has 1 atom stereocenters. The van der Waals surface area contributed by atoms with E-state index in [0.29, 0.717) is 13.2 Å². The molecule has 0 fully saturated rings. The molecule has 6 N–H and O–H groups in total. The van der Waals surface area contributed by atoms with Gasteiger partial charge in [0, 0.05) is 0 Å². The summed E-state index contributed by atoms with van der Waals surface area (Å²) in [5.74, 6) is -0.370. The topological polar surface area (TPSA) is 112 Å². The van der Waals surface area contributed by atoms with Crippen molar-refractivity contribution in [3.63, 3.8) is 0 Å². The first kappa shape index (κ1) is 19.1. The molecule has 0 radical (unpaired) electrons. The van der Waals surface area contributed by atoms with Crippen LogP contribution in [0.2, 0.25) is 0 Å². The molecule has 21 heavy (non-hydrogen) atoms. The molecule has 0 aromatic heterocycles. The van der Waals surface area contributed by atoms with E-state index >= 15 is 0 Å². The van der Waals surface area contributed by atoms with Crippen molar-refractivity contribution >= 4 is 24.3 Å². The number of nitrogens with two attached hydrogens (primary N) is 3. The fourth-order valence-electron chi connectivity index (χ4n) is 1.49. The summed E-state index contributed by atoms with van der Waals surface area (Å²) in [6, 6.07) is 6.01. The van der Waals surface area contributed by atoms with Gasteiger partial charge in [0.2, 0.25) is 5.96 Å². The van der Waals surface area contributed by atoms with E-state index in [1.165, 1.54) is 12.1 Å². The highest BCUT2D eigenvalue weighted by molar-refractivity contribution is 5.92. The number of nitrogens with zero attached hydrogens (tertiary/aromatic N) is 2. The van der Waals surface area contributed by atoms with Crippen LogP contribution in [0.15, 0.2) is 34.3 Å². The summed E-state index contributed by atoms with van der Waals surface area (Å²) in [5.41, 5.74) is 16.9. The summed E-state index contributed by atoms with van der Waals surface area (Å²) in [5, 5.41) is 0. The molecule has 6 nitrogen and oxygen atoms in total. The molecule has 0 saturated heterocycles. The lowest BCUT2D eigenvalue weighted by Gasteiger charge is -2.11. The van der Waals surface area contributed by atoms with E-state index in [1.54, 1.807) is 12.1 Å². The van der Waals surface area contributed by atoms with Gasteiger partial charge in [-0.05, 0) is 24.1 Å². The number of aliphatic imine (C=N–C) groups is 2. The average molecular weight is 318 g/mol. The Morgan fingerprint density at radius 2 is 1.86 bits per heavy atom. The van der Waals surface area contributed by atoms with E-state index in [1.807, 2.05) is 6.92 Å². The highest BCUT2D eigenvalue weighted by Crippen LogP contribution is 2.06. The SMILES string of the molecule is CCC(COCc1ccc(F)cc1)N=C(N)N=C(N)N.Cl. The maximum absolute atomic E-state index is 12.7. The standard InChI is InChI=1S/C13H20FN5O.ClH/c1-2-11(18-13(17)19-12(15)16)8-20-7-9-3-5-10(14)6-4-9;/h3-6,11H,2,7-8H2,1H3,(H6,15,16,17,18,19);1H. The van der Waals surface area contributed by atoms with E-state index in [9.17, 15) is 4.39 Å². The van der Waals surface area contributed by atoms with Crippen molar-refractivity contribution in [3.8, 4) is 0 Å². The van der Waals surface area contributed by atoms with Gasteiger partial charge in [0.25, 0.3) is 0 Å². The van der Waals surface area contributed by atoms with Gasteiger partial charge in [-0.2, -0.15) is 4.99 Å². The number of halogens is 2. The van der Waals surface area contributed by atoms with Gasteiger partial charge in [0.1, 0.15) is 5.82 Å². The first-order valence-corrected chi connectivity index (χ1v) is 6.26. The summed E-state index contributed by atoms with van der Waals surface area (Å²) < 4.78 is 18.3.